The molecule has 1 fully saturated rings. The summed E-state index contributed by atoms with van der Waals surface area (Å²) in [6.45, 7) is 0.883. The van der Waals surface area contributed by atoms with Crippen molar-refractivity contribution >= 4 is 11.9 Å². The first-order valence-corrected chi connectivity index (χ1v) is 7.67. The van der Waals surface area contributed by atoms with E-state index in [1.807, 2.05) is 0 Å². The van der Waals surface area contributed by atoms with Gasteiger partial charge in [0.1, 0.15) is 6.54 Å². The van der Waals surface area contributed by atoms with Crippen molar-refractivity contribution in [3.8, 4) is 0 Å². The van der Waals surface area contributed by atoms with E-state index in [-0.39, 0.29) is 18.1 Å². The summed E-state index contributed by atoms with van der Waals surface area (Å²) in [6.07, 6.45) is 8.75. The van der Waals surface area contributed by atoms with Crippen LogP contribution >= 0.6 is 0 Å². The van der Waals surface area contributed by atoms with E-state index < -0.39 is 5.97 Å². The van der Waals surface area contributed by atoms with E-state index in [4.69, 9.17) is 9.84 Å². The summed E-state index contributed by atoms with van der Waals surface area (Å²) in [5.41, 5.74) is -0.176. The Morgan fingerprint density at radius 3 is 2.68 bits per heavy atom. The summed E-state index contributed by atoms with van der Waals surface area (Å²) in [6, 6.07) is 0. The second-order valence-electron chi connectivity index (χ2n) is 5.44. The fourth-order valence-electron chi connectivity index (χ4n) is 2.50. The number of hydrogen-bond donors (Lipinski definition) is 2. The number of amides is 1. The first-order valence-electron chi connectivity index (χ1n) is 7.67. The van der Waals surface area contributed by atoms with Gasteiger partial charge in [0.15, 0.2) is 5.69 Å². The van der Waals surface area contributed by atoms with Gasteiger partial charge >= 0.3 is 5.97 Å². The highest BCUT2D eigenvalue weighted by atomic mass is 16.5. The zero-order valence-electron chi connectivity index (χ0n) is 12.5. The largest absolute Gasteiger partial charge is 0.476 e. The van der Waals surface area contributed by atoms with E-state index in [2.05, 4.69) is 15.6 Å². The summed E-state index contributed by atoms with van der Waals surface area (Å²) in [4.78, 5) is 22.3. The van der Waals surface area contributed by atoms with Crippen molar-refractivity contribution in [2.45, 2.75) is 51.2 Å². The molecule has 0 aliphatic heterocycles. The number of carbonyl (C=O) groups is 2. The maximum atomic E-state index is 11.7. The molecule has 2 rings (SSSR count). The van der Waals surface area contributed by atoms with Crippen LogP contribution in [0.1, 0.15) is 49.0 Å². The van der Waals surface area contributed by atoms with Gasteiger partial charge in [-0.15, -0.1) is 5.10 Å². The minimum absolute atomic E-state index is 0.0519. The van der Waals surface area contributed by atoms with Gasteiger partial charge in [0.25, 0.3) is 0 Å². The van der Waals surface area contributed by atoms with E-state index >= 15 is 0 Å². The highest BCUT2D eigenvalue weighted by Crippen LogP contribution is 2.19. The van der Waals surface area contributed by atoms with E-state index in [1.165, 1.54) is 36.6 Å². The molecule has 0 saturated heterocycles. The molecule has 0 aromatic carbocycles. The lowest BCUT2D eigenvalue weighted by molar-refractivity contribution is -0.122. The van der Waals surface area contributed by atoms with Gasteiger partial charge in [0.05, 0.1) is 18.9 Å². The molecule has 122 valence electrons. The second-order valence-corrected chi connectivity index (χ2v) is 5.44. The molecule has 0 spiro atoms. The van der Waals surface area contributed by atoms with Crippen LogP contribution in [-0.2, 0) is 16.1 Å². The lowest BCUT2D eigenvalue weighted by Gasteiger charge is -2.15. The number of aromatic carboxylic acids is 1. The van der Waals surface area contributed by atoms with E-state index in [0.717, 1.165) is 12.8 Å². The van der Waals surface area contributed by atoms with Crippen LogP contribution in [0.5, 0.6) is 0 Å². The van der Waals surface area contributed by atoms with Crippen molar-refractivity contribution < 1.29 is 19.4 Å². The maximum Gasteiger partial charge on any atom is 0.358 e. The van der Waals surface area contributed by atoms with Crippen LogP contribution in [0.15, 0.2) is 6.20 Å². The smallest absolute Gasteiger partial charge is 0.358 e. The standard InChI is InChI=1S/C14H22N4O4/c19-13(10-18-9-12(14(20)21)16-17-18)15-7-8-22-11-5-3-1-2-4-6-11/h9,11H,1-8,10H2,(H,15,19)(H,20,21). The third kappa shape index (κ3) is 5.44. The zero-order chi connectivity index (χ0) is 15.8. The summed E-state index contributed by atoms with van der Waals surface area (Å²) in [5.74, 6) is -1.41. The Kier molecular flexibility index (Phi) is 6.32. The summed E-state index contributed by atoms with van der Waals surface area (Å²) >= 11 is 0. The SMILES string of the molecule is O=C(Cn1cc(C(=O)O)nn1)NCCOC1CCCCCC1. The highest BCUT2D eigenvalue weighted by Gasteiger charge is 2.13. The molecule has 1 aromatic heterocycles. The van der Waals surface area contributed by atoms with Crippen LogP contribution < -0.4 is 5.32 Å². The topological polar surface area (TPSA) is 106 Å². The first-order chi connectivity index (χ1) is 10.6. The molecule has 0 bridgehead atoms. The molecular weight excluding hydrogens is 288 g/mol. The number of nitrogens with one attached hydrogen (secondary N) is 1. The second kappa shape index (κ2) is 8.47. The van der Waals surface area contributed by atoms with E-state index in [9.17, 15) is 9.59 Å². The Labute approximate surface area is 128 Å². The van der Waals surface area contributed by atoms with Gasteiger partial charge in [0, 0.05) is 6.54 Å². The van der Waals surface area contributed by atoms with Crippen LogP contribution in [-0.4, -0.2) is 51.2 Å². The monoisotopic (exact) mass is 310 g/mol. The Morgan fingerprint density at radius 1 is 1.32 bits per heavy atom. The van der Waals surface area contributed by atoms with Gasteiger partial charge in [-0.2, -0.15) is 0 Å². The zero-order valence-corrected chi connectivity index (χ0v) is 12.5. The number of nitrogens with zero attached hydrogens (tertiary/aromatic N) is 3. The summed E-state index contributed by atoms with van der Waals surface area (Å²) in [5, 5.41) is 18.5. The third-order valence-electron chi connectivity index (χ3n) is 3.64. The fraction of sp³-hybridized carbons (Fsp3) is 0.714. The van der Waals surface area contributed by atoms with Gasteiger partial charge in [-0.1, -0.05) is 30.9 Å². The molecule has 22 heavy (non-hydrogen) atoms. The fourth-order valence-corrected chi connectivity index (χ4v) is 2.50. The maximum absolute atomic E-state index is 11.7. The molecule has 1 saturated carbocycles. The number of hydrogen-bond acceptors (Lipinski definition) is 5. The molecule has 8 nitrogen and oxygen atoms in total. The van der Waals surface area contributed by atoms with Crippen molar-refractivity contribution in [2.75, 3.05) is 13.2 Å². The molecule has 0 atom stereocenters. The van der Waals surface area contributed by atoms with Crippen LogP contribution in [0.25, 0.3) is 0 Å². The summed E-state index contributed by atoms with van der Waals surface area (Å²) < 4.78 is 6.97. The lowest BCUT2D eigenvalue weighted by atomic mass is 10.1. The molecule has 1 heterocycles. The van der Waals surface area contributed by atoms with Crippen LogP contribution in [0.3, 0.4) is 0 Å². The molecule has 1 aliphatic carbocycles. The van der Waals surface area contributed by atoms with Crippen LogP contribution in [0.4, 0.5) is 0 Å². The number of carboxylic acids is 1. The normalized spacial score (nSPS) is 16.2. The van der Waals surface area contributed by atoms with Crippen molar-refractivity contribution in [1.29, 1.82) is 0 Å². The number of rotatable bonds is 7. The summed E-state index contributed by atoms with van der Waals surface area (Å²) in [7, 11) is 0. The Morgan fingerprint density at radius 2 is 2.05 bits per heavy atom. The van der Waals surface area contributed by atoms with Gasteiger partial charge in [-0.05, 0) is 12.8 Å². The van der Waals surface area contributed by atoms with Crippen LogP contribution in [0.2, 0.25) is 0 Å². The van der Waals surface area contributed by atoms with Crippen LogP contribution in [0, 0.1) is 0 Å². The molecule has 1 amide bonds. The van der Waals surface area contributed by atoms with Gasteiger partial charge in [-0.25, -0.2) is 9.48 Å². The molecule has 1 aromatic rings. The predicted molar refractivity (Wildman–Crippen MR) is 77.4 cm³/mol. The Balaban J connectivity index is 1.61. The molecule has 0 unspecified atom stereocenters. The molecule has 1 aliphatic rings. The van der Waals surface area contributed by atoms with Crippen molar-refractivity contribution in [3.63, 3.8) is 0 Å². The van der Waals surface area contributed by atoms with Gasteiger partial charge in [0.2, 0.25) is 5.91 Å². The van der Waals surface area contributed by atoms with Crippen molar-refractivity contribution in [1.82, 2.24) is 20.3 Å². The molecule has 8 heteroatoms. The van der Waals surface area contributed by atoms with Gasteiger partial charge < -0.3 is 15.2 Å². The Bertz CT molecular complexity index is 495. The van der Waals surface area contributed by atoms with Gasteiger partial charge in [-0.3, -0.25) is 4.79 Å². The van der Waals surface area contributed by atoms with E-state index in [1.54, 1.807) is 0 Å². The average Bonchev–Trinajstić information content (AvgIpc) is 2.79. The Hall–Kier alpha value is -1.96. The number of aromatic nitrogens is 3. The molecule has 2 N–H and O–H groups in total. The minimum atomic E-state index is -1.16. The number of carboxylic acid groups (broad SMARTS) is 1. The number of carbonyl (C=O) groups excluding carboxylic acids is 1. The number of ether oxygens (including phenoxy) is 1. The lowest BCUT2D eigenvalue weighted by Crippen LogP contribution is -2.31. The average molecular weight is 310 g/mol. The molecule has 0 radical (unpaired) electrons. The quantitative estimate of drug-likeness (QED) is 0.571. The van der Waals surface area contributed by atoms with E-state index in [0.29, 0.717) is 19.3 Å². The minimum Gasteiger partial charge on any atom is -0.476 e. The third-order valence-corrected chi connectivity index (χ3v) is 3.64. The highest BCUT2D eigenvalue weighted by molar-refractivity contribution is 5.84. The molecular formula is C14H22N4O4. The predicted octanol–water partition coefficient (Wildman–Crippen LogP) is 0.832. The van der Waals surface area contributed by atoms with Crippen molar-refractivity contribution in [2.24, 2.45) is 0 Å². The first kappa shape index (κ1) is 16.4. The van der Waals surface area contributed by atoms with Crippen molar-refractivity contribution in [3.05, 3.63) is 11.9 Å².